The Bertz CT molecular complexity index is 715. The third kappa shape index (κ3) is 4.21. The maximum Gasteiger partial charge on any atom is 0.160 e. The van der Waals surface area contributed by atoms with Gasteiger partial charge < -0.3 is 19.7 Å². The highest BCUT2D eigenvalue weighted by Gasteiger charge is 2.34. The van der Waals surface area contributed by atoms with E-state index in [-0.39, 0.29) is 31.3 Å². The summed E-state index contributed by atoms with van der Waals surface area (Å²) in [6.07, 6.45) is -1.62. The number of methoxy groups -OCH3 is 1. The van der Waals surface area contributed by atoms with E-state index in [9.17, 15) is 10.2 Å². The van der Waals surface area contributed by atoms with E-state index in [0.717, 1.165) is 12.8 Å². The smallest absolute Gasteiger partial charge is 0.160 e. The lowest BCUT2D eigenvalue weighted by Crippen LogP contribution is -2.46. The van der Waals surface area contributed by atoms with Gasteiger partial charge in [-0.2, -0.15) is 0 Å². The van der Waals surface area contributed by atoms with Crippen molar-refractivity contribution in [3.63, 3.8) is 0 Å². The zero-order valence-corrected chi connectivity index (χ0v) is 14.0. The zero-order valence-electron chi connectivity index (χ0n) is 19.0. The van der Waals surface area contributed by atoms with Gasteiger partial charge in [0.1, 0.15) is 0 Å². The maximum absolute atomic E-state index is 10.1. The van der Waals surface area contributed by atoms with E-state index in [0.29, 0.717) is 24.2 Å². The molecule has 3 rings (SSSR count). The van der Waals surface area contributed by atoms with Gasteiger partial charge in [0, 0.05) is 21.9 Å². The lowest BCUT2D eigenvalue weighted by Gasteiger charge is -2.37. The van der Waals surface area contributed by atoms with Gasteiger partial charge in [0.25, 0.3) is 0 Å². The van der Waals surface area contributed by atoms with E-state index in [1.54, 1.807) is 17.0 Å². The van der Waals surface area contributed by atoms with Crippen LogP contribution in [0.2, 0.25) is 0 Å². The molecule has 2 fully saturated rings. The van der Waals surface area contributed by atoms with E-state index in [4.69, 9.17) is 16.3 Å². The van der Waals surface area contributed by atoms with Crippen molar-refractivity contribution in [2.24, 2.45) is 0 Å². The quantitative estimate of drug-likeness (QED) is 0.832. The first-order valence-corrected chi connectivity index (χ1v) is 8.44. The molecule has 0 spiro atoms. The molecular formula is C19H29NO4. The number of phenols is 1. The summed E-state index contributed by atoms with van der Waals surface area (Å²) < 4.78 is 51.3. The normalized spacial score (nSPS) is 37.0. The summed E-state index contributed by atoms with van der Waals surface area (Å²) in [5.74, 6) is 0.249. The topological polar surface area (TPSA) is 62.2 Å². The van der Waals surface area contributed by atoms with Crippen LogP contribution in [0.15, 0.2) is 18.2 Å². The molecule has 0 amide bonds. The van der Waals surface area contributed by atoms with Crippen molar-refractivity contribution >= 4 is 0 Å². The fourth-order valence-electron chi connectivity index (χ4n) is 3.44. The fourth-order valence-corrected chi connectivity index (χ4v) is 3.44. The standard InChI is InChI=1S/C19H29NO4/c1-23-19-7-6-14(12-17(19)22)9-11-24-18-5-3-2-4-16(18)20-10-8-15(21)13-20/h6-7,12,15-16,18,21-22H,2-5,8-11,13H2,1H3/t15?,16-,18-/m1/s1/i8D2,11D2,15D. The summed E-state index contributed by atoms with van der Waals surface area (Å²) >= 11 is 0. The molecule has 1 heterocycles. The molecule has 5 heteroatoms. The number of hydrogen-bond acceptors (Lipinski definition) is 5. The van der Waals surface area contributed by atoms with Gasteiger partial charge in [-0.05, 0) is 43.3 Å². The Morgan fingerprint density at radius 3 is 2.96 bits per heavy atom. The Morgan fingerprint density at radius 2 is 2.25 bits per heavy atom. The van der Waals surface area contributed by atoms with Gasteiger partial charge in [-0.15, -0.1) is 0 Å². The number of rotatable bonds is 6. The van der Waals surface area contributed by atoms with Crippen molar-refractivity contribution in [1.82, 2.24) is 4.90 Å². The SMILES string of the molecule is [2H]C([2H])(Cc1ccc(OC)c(O)c1)O[C@@H]1CCCC[C@H]1N1CC([2H])([2H])C([2H])(O)C1. The highest BCUT2D eigenvalue weighted by atomic mass is 16.5. The van der Waals surface area contributed by atoms with Crippen LogP contribution in [0.4, 0.5) is 0 Å². The highest BCUT2D eigenvalue weighted by molar-refractivity contribution is 5.41. The molecule has 1 unspecified atom stereocenters. The molecule has 24 heavy (non-hydrogen) atoms. The van der Waals surface area contributed by atoms with E-state index in [1.807, 2.05) is 0 Å². The molecule has 0 aromatic heterocycles. The largest absolute Gasteiger partial charge is 0.504 e. The van der Waals surface area contributed by atoms with Crippen LogP contribution in [0.5, 0.6) is 11.5 Å². The number of phenolic OH excluding ortho intramolecular Hbond substituents is 1. The van der Waals surface area contributed by atoms with Gasteiger partial charge in [-0.1, -0.05) is 18.9 Å². The molecule has 0 bridgehead atoms. The van der Waals surface area contributed by atoms with E-state index in [1.165, 1.54) is 13.2 Å². The number of β-amino-alcohol motifs (C(OH)–C–C–N with tert-alkyl or cyclic N) is 1. The van der Waals surface area contributed by atoms with Crippen molar-refractivity contribution in [3.8, 4) is 11.5 Å². The van der Waals surface area contributed by atoms with Gasteiger partial charge in [-0.25, -0.2) is 0 Å². The monoisotopic (exact) mass is 340 g/mol. The van der Waals surface area contributed by atoms with Gasteiger partial charge in [0.05, 0.1) is 30.0 Å². The second kappa shape index (κ2) is 8.19. The zero-order chi connectivity index (χ0) is 21.4. The summed E-state index contributed by atoms with van der Waals surface area (Å²) in [5.41, 5.74) is 0.568. The maximum atomic E-state index is 10.1. The lowest BCUT2D eigenvalue weighted by atomic mass is 9.91. The molecule has 0 radical (unpaired) electrons. The fraction of sp³-hybridized carbons (Fsp3) is 0.684. The minimum absolute atomic E-state index is 0.0585. The van der Waals surface area contributed by atoms with Crippen LogP contribution in [-0.4, -0.2) is 60.1 Å². The third-order valence-corrected chi connectivity index (χ3v) is 4.73. The Labute approximate surface area is 151 Å². The van der Waals surface area contributed by atoms with Crippen molar-refractivity contribution in [1.29, 1.82) is 0 Å². The molecule has 3 atom stereocenters. The Morgan fingerprint density at radius 1 is 1.42 bits per heavy atom. The predicted molar refractivity (Wildman–Crippen MR) is 92.6 cm³/mol. The molecule has 1 saturated carbocycles. The summed E-state index contributed by atoms with van der Waals surface area (Å²) in [6.45, 7) is -2.19. The molecule has 1 aromatic carbocycles. The first-order chi connectivity index (χ1) is 13.4. The van der Waals surface area contributed by atoms with Crippen LogP contribution in [-0.2, 0) is 11.2 Å². The van der Waals surface area contributed by atoms with Crippen molar-refractivity contribution in [2.75, 3.05) is 26.8 Å². The van der Waals surface area contributed by atoms with Gasteiger partial charge in [0.2, 0.25) is 0 Å². The van der Waals surface area contributed by atoms with Gasteiger partial charge >= 0.3 is 0 Å². The van der Waals surface area contributed by atoms with Crippen LogP contribution < -0.4 is 4.74 Å². The number of benzene rings is 1. The highest BCUT2D eigenvalue weighted by Crippen LogP contribution is 2.29. The molecule has 1 saturated heterocycles. The minimum atomic E-state index is -2.19. The summed E-state index contributed by atoms with van der Waals surface area (Å²) in [5, 5.41) is 20.0. The number of aryl methyl sites for hydroxylation is 1. The van der Waals surface area contributed by atoms with Crippen LogP contribution >= 0.6 is 0 Å². The summed E-state index contributed by atoms with van der Waals surface area (Å²) in [4.78, 5) is 1.73. The van der Waals surface area contributed by atoms with Gasteiger partial charge in [0.15, 0.2) is 11.5 Å². The Hall–Kier alpha value is -1.30. The second-order valence-electron chi connectivity index (χ2n) is 6.36. The number of aliphatic hydroxyl groups is 1. The number of nitrogens with zero attached hydrogens (tertiary/aromatic N) is 1. The minimum Gasteiger partial charge on any atom is -0.504 e. The van der Waals surface area contributed by atoms with Crippen LogP contribution in [0.25, 0.3) is 0 Å². The molecule has 1 aromatic rings. The average molecular weight is 340 g/mol. The van der Waals surface area contributed by atoms with Crippen molar-refractivity contribution < 1.29 is 26.5 Å². The summed E-state index contributed by atoms with van der Waals surface area (Å²) in [7, 11) is 1.44. The molecule has 1 aliphatic carbocycles. The van der Waals surface area contributed by atoms with E-state index >= 15 is 0 Å². The number of hydrogen-bond donors (Lipinski definition) is 2. The average Bonchev–Trinajstić information content (AvgIpc) is 2.82. The van der Waals surface area contributed by atoms with E-state index in [2.05, 4.69) is 0 Å². The number of likely N-dealkylation sites (tertiary alicyclic amines) is 1. The summed E-state index contributed by atoms with van der Waals surface area (Å²) in [6, 6.07) is 4.45. The van der Waals surface area contributed by atoms with Crippen LogP contribution in [0, 0.1) is 0 Å². The molecule has 5 nitrogen and oxygen atoms in total. The second-order valence-corrected chi connectivity index (χ2v) is 6.36. The van der Waals surface area contributed by atoms with Crippen molar-refractivity contribution in [2.45, 2.75) is 56.7 Å². The molecule has 2 N–H and O–H groups in total. The van der Waals surface area contributed by atoms with Crippen LogP contribution in [0.3, 0.4) is 0 Å². The Balaban J connectivity index is 1.70. The lowest BCUT2D eigenvalue weighted by molar-refractivity contribution is -0.0316. The van der Waals surface area contributed by atoms with E-state index < -0.39 is 25.1 Å². The van der Waals surface area contributed by atoms with Crippen LogP contribution in [0.1, 0.15) is 44.5 Å². The number of aromatic hydroxyl groups is 1. The number of ether oxygens (including phenoxy) is 2. The molecular weight excluding hydrogens is 306 g/mol. The van der Waals surface area contributed by atoms with Gasteiger partial charge in [-0.3, -0.25) is 4.90 Å². The third-order valence-electron chi connectivity index (χ3n) is 4.73. The van der Waals surface area contributed by atoms with Crippen molar-refractivity contribution in [3.05, 3.63) is 23.8 Å². The molecule has 134 valence electrons. The first-order valence-electron chi connectivity index (χ1n) is 10.9. The Kier molecular flexibility index (Phi) is 4.13. The predicted octanol–water partition coefficient (Wildman–Crippen LogP) is 2.34. The molecule has 2 aliphatic rings. The first kappa shape index (κ1) is 12.1. The molecule has 1 aliphatic heterocycles.